The standard InChI is InChI=1S/C13H9BrN4S/c14-8-3-1-2-7(4-8)11-9(5-15)12(17)18-13(19)10(11)6-16/h1-4,11,18-19H,17H2/t11-/m1/s1. The Morgan fingerprint density at radius 3 is 2.53 bits per heavy atom. The van der Waals surface area contributed by atoms with E-state index in [1.807, 2.05) is 24.3 Å². The number of hydrogen-bond donors (Lipinski definition) is 3. The number of thiol groups is 1. The van der Waals surface area contributed by atoms with E-state index >= 15 is 0 Å². The molecule has 19 heavy (non-hydrogen) atoms. The molecule has 2 rings (SSSR count). The fraction of sp³-hybridized carbons (Fsp3) is 0.0769. The van der Waals surface area contributed by atoms with Crippen molar-refractivity contribution in [3.63, 3.8) is 0 Å². The van der Waals surface area contributed by atoms with Crippen LogP contribution in [0.4, 0.5) is 0 Å². The highest BCUT2D eigenvalue weighted by Crippen LogP contribution is 2.37. The molecule has 94 valence electrons. The molecule has 1 aromatic rings. The van der Waals surface area contributed by atoms with E-state index in [0.717, 1.165) is 10.0 Å². The van der Waals surface area contributed by atoms with Gasteiger partial charge < -0.3 is 11.1 Å². The Kier molecular flexibility index (Phi) is 3.84. The Bertz CT molecular complexity index is 643. The van der Waals surface area contributed by atoms with Crippen LogP contribution < -0.4 is 11.1 Å². The topological polar surface area (TPSA) is 85.6 Å². The first-order chi connectivity index (χ1) is 9.08. The first kappa shape index (κ1) is 13.5. The monoisotopic (exact) mass is 332 g/mol. The molecule has 0 amide bonds. The number of benzene rings is 1. The van der Waals surface area contributed by atoms with Crippen LogP contribution in [0.25, 0.3) is 0 Å². The average Bonchev–Trinajstić information content (AvgIpc) is 2.38. The largest absolute Gasteiger partial charge is 0.384 e. The second kappa shape index (κ2) is 5.40. The van der Waals surface area contributed by atoms with Gasteiger partial charge in [0.25, 0.3) is 0 Å². The van der Waals surface area contributed by atoms with Gasteiger partial charge in [-0.1, -0.05) is 28.1 Å². The van der Waals surface area contributed by atoms with Crippen LogP contribution in [-0.4, -0.2) is 0 Å². The molecule has 0 fully saturated rings. The molecule has 1 atom stereocenters. The van der Waals surface area contributed by atoms with Gasteiger partial charge in [0.05, 0.1) is 34.2 Å². The van der Waals surface area contributed by atoms with Gasteiger partial charge >= 0.3 is 0 Å². The van der Waals surface area contributed by atoms with Crippen LogP contribution in [0.5, 0.6) is 0 Å². The third-order valence-corrected chi connectivity index (χ3v) is 3.64. The Balaban J connectivity index is 2.65. The molecular formula is C13H9BrN4S. The van der Waals surface area contributed by atoms with Gasteiger partial charge in [-0.25, -0.2) is 0 Å². The van der Waals surface area contributed by atoms with Crippen molar-refractivity contribution in [2.24, 2.45) is 5.73 Å². The SMILES string of the molecule is N#CC1=C(N)NC(S)=C(C#N)[C@@H]1c1cccc(Br)c1. The van der Waals surface area contributed by atoms with Gasteiger partial charge in [0.2, 0.25) is 0 Å². The second-order valence-electron chi connectivity index (χ2n) is 3.93. The van der Waals surface area contributed by atoms with Crippen LogP contribution in [0.2, 0.25) is 0 Å². The summed E-state index contributed by atoms with van der Waals surface area (Å²) < 4.78 is 0.873. The quantitative estimate of drug-likeness (QED) is 0.689. The van der Waals surface area contributed by atoms with Crippen molar-refractivity contribution >= 4 is 28.6 Å². The van der Waals surface area contributed by atoms with E-state index < -0.39 is 5.92 Å². The predicted molar refractivity (Wildman–Crippen MR) is 78.5 cm³/mol. The van der Waals surface area contributed by atoms with Crippen LogP contribution in [0.1, 0.15) is 11.5 Å². The number of halogens is 1. The summed E-state index contributed by atoms with van der Waals surface area (Å²) >= 11 is 7.60. The number of allylic oxidation sites excluding steroid dienone is 2. The van der Waals surface area contributed by atoms with Gasteiger partial charge in [-0.05, 0) is 17.7 Å². The van der Waals surface area contributed by atoms with Gasteiger partial charge in [0, 0.05) is 4.47 Å². The highest BCUT2D eigenvalue weighted by molar-refractivity contribution is 9.10. The fourth-order valence-corrected chi connectivity index (χ4v) is 2.68. The van der Waals surface area contributed by atoms with E-state index in [9.17, 15) is 10.5 Å². The van der Waals surface area contributed by atoms with E-state index in [1.54, 1.807) is 0 Å². The first-order valence-electron chi connectivity index (χ1n) is 5.34. The van der Waals surface area contributed by atoms with Crippen LogP contribution >= 0.6 is 28.6 Å². The molecule has 0 aliphatic carbocycles. The van der Waals surface area contributed by atoms with E-state index in [2.05, 4.69) is 46.0 Å². The van der Waals surface area contributed by atoms with Crippen molar-refractivity contribution in [1.82, 2.24) is 5.32 Å². The molecule has 0 spiro atoms. The Labute approximate surface area is 124 Å². The molecule has 1 heterocycles. The zero-order valence-electron chi connectivity index (χ0n) is 9.68. The van der Waals surface area contributed by atoms with Crippen molar-refractivity contribution in [2.75, 3.05) is 0 Å². The Hall–Kier alpha value is -1.89. The van der Waals surface area contributed by atoms with Crippen LogP contribution in [0, 0.1) is 22.7 Å². The molecule has 0 aromatic heterocycles. The second-order valence-corrected chi connectivity index (χ2v) is 5.29. The minimum absolute atomic E-state index is 0.233. The molecule has 0 saturated heterocycles. The number of nitrogens with zero attached hydrogens (tertiary/aromatic N) is 2. The molecule has 1 aliphatic heterocycles. The minimum Gasteiger partial charge on any atom is -0.384 e. The zero-order chi connectivity index (χ0) is 14.0. The summed E-state index contributed by atoms with van der Waals surface area (Å²) in [5, 5.41) is 21.7. The summed E-state index contributed by atoms with van der Waals surface area (Å²) in [6, 6.07) is 11.6. The molecule has 1 aromatic carbocycles. The predicted octanol–water partition coefficient (Wildman–Crippen LogP) is 2.49. The molecule has 0 radical (unpaired) electrons. The number of dihydropyridines is 1. The van der Waals surface area contributed by atoms with Crippen LogP contribution in [-0.2, 0) is 0 Å². The van der Waals surface area contributed by atoms with E-state index in [0.29, 0.717) is 16.2 Å². The average molecular weight is 333 g/mol. The molecule has 4 nitrogen and oxygen atoms in total. The van der Waals surface area contributed by atoms with Crippen molar-refractivity contribution in [3.8, 4) is 12.1 Å². The first-order valence-corrected chi connectivity index (χ1v) is 6.58. The molecule has 1 aliphatic rings. The van der Waals surface area contributed by atoms with Crippen LogP contribution in [0.15, 0.2) is 50.7 Å². The van der Waals surface area contributed by atoms with E-state index in [-0.39, 0.29) is 5.82 Å². The van der Waals surface area contributed by atoms with Crippen molar-refractivity contribution in [2.45, 2.75) is 5.92 Å². The molecule has 6 heteroatoms. The lowest BCUT2D eigenvalue weighted by atomic mass is 9.84. The normalized spacial score (nSPS) is 18.6. The van der Waals surface area contributed by atoms with Crippen LogP contribution in [0.3, 0.4) is 0 Å². The maximum atomic E-state index is 9.28. The highest BCUT2D eigenvalue weighted by atomic mass is 79.9. The number of rotatable bonds is 1. The molecular weight excluding hydrogens is 324 g/mol. The van der Waals surface area contributed by atoms with Crippen molar-refractivity contribution < 1.29 is 0 Å². The number of nitrogens with two attached hydrogens (primary N) is 1. The van der Waals surface area contributed by atoms with Gasteiger partial charge in [-0.2, -0.15) is 10.5 Å². The lowest BCUT2D eigenvalue weighted by Crippen LogP contribution is -2.28. The number of nitrogens with one attached hydrogen (secondary N) is 1. The summed E-state index contributed by atoms with van der Waals surface area (Å²) in [7, 11) is 0. The summed E-state index contributed by atoms with van der Waals surface area (Å²) in [5.74, 6) is -0.252. The molecule has 0 bridgehead atoms. The van der Waals surface area contributed by atoms with E-state index in [4.69, 9.17) is 5.73 Å². The lowest BCUT2D eigenvalue weighted by Gasteiger charge is -2.25. The van der Waals surface area contributed by atoms with Gasteiger partial charge in [0.1, 0.15) is 5.82 Å². The van der Waals surface area contributed by atoms with Crippen molar-refractivity contribution in [1.29, 1.82) is 10.5 Å². The Morgan fingerprint density at radius 1 is 1.26 bits per heavy atom. The smallest absolute Gasteiger partial charge is 0.116 e. The molecule has 0 unspecified atom stereocenters. The van der Waals surface area contributed by atoms with E-state index in [1.165, 1.54) is 0 Å². The lowest BCUT2D eigenvalue weighted by molar-refractivity contribution is 0.841. The minimum atomic E-state index is -0.485. The van der Waals surface area contributed by atoms with Gasteiger partial charge in [-0.15, -0.1) is 12.6 Å². The Morgan fingerprint density at radius 2 is 1.95 bits per heavy atom. The summed E-state index contributed by atoms with van der Waals surface area (Å²) in [5.41, 5.74) is 7.33. The zero-order valence-corrected chi connectivity index (χ0v) is 12.2. The number of hydrogen-bond acceptors (Lipinski definition) is 5. The summed E-state index contributed by atoms with van der Waals surface area (Å²) in [4.78, 5) is 0. The third-order valence-electron chi connectivity index (χ3n) is 2.80. The summed E-state index contributed by atoms with van der Waals surface area (Å²) in [6.07, 6.45) is 0. The fourth-order valence-electron chi connectivity index (χ4n) is 1.96. The third kappa shape index (κ3) is 2.46. The number of nitriles is 2. The summed E-state index contributed by atoms with van der Waals surface area (Å²) in [6.45, 7) is 0. The van der Waals surface area contributed by atoms with Gasteiger partial charge in [-0.3, -0.25) is 0 Å². The van der Waals surface area contributed by atoms with Crippen molar-refractivity contribution in [3.05, 3.63) is 56.3 Å². The molecule has 0 saturated carbocycles. The van der Waals surface area contributed by atoms with Gasteiger partial charge in [0.15, 0.2) is 0 Å². The maximum Gasteiger partial charge on any atom is 0.116 e. The highest BCUT2D eigenvalue weighted by Gasteiger charge is 2.30. The maximum absolute atomic E-state index is 9.28. The molecule has 3 N–H and O–H groups in total.